The zero-order chi connectivity index (χ0) is 20.7. The number of aryl methyl sites for hydroxylation is 1. The minimum atomic E-state index is -3.43. The molecule has 0 aromatic heterocycles. The summed E-state index contributed by atoms with van der Waals surface area (Å²) in [6.45, 7) is 8.84. The van der Waals surface area contributed by atoms with E-state index in [0.29, 0.717) is 4.90 Å². The predicted octanol–water partition coefficient (Wildman–Crippen LogP) is 4.08. The summed E-state index contributed by atoms with van der Waals surface area (Å²) in [5.74, 6) is 0.261. The summed E-state index contributed by atoms with van der Waals surface area (Å²) in [5.41, 5.74) is 1.12. The molecule has 1 aromatic rings. The van der Waals surface area contributed by atoms with Gasteiger partial charge in [0, 0.05) is 6.04 Å². The molecule has 5 nitrogen and oxygen atoms in total. The summed E-state index contributed by atoms with van der Waals surface area (Å²) in [6, 6.07) is 6.90. The van der Waals surface area contributed by atoms with Gasteiger partial charge in [0.25, 0.3) is 0 Å². The molecule has 0 amide bonds. The second-order valence-electron chi connectivity index (χ2n) is 8.37. The number of sulfonamides is 1. The highest BCUT2D eigenvalue weighted by atomic mass is 32.2. The van der Waals surface area contributed by atoms with Crippen LogP contribution in [0.4, 0.5) is 0 Å². The topological polar surface area (TPSA) is 80.3 Å². The van der Waals surface area contributed by atoms with E-state index in [1.165, 1.54) is 0 Å². The van der Waals surface area contributed by atoms with E-state index < -0.39 is 24.6 Å². The first-order valence-electron chi connectivity index (χ1n) is 9.69. The lowest BCUT2D eigenvalue weighted by Gasteiger charge is -2.18. The van der Waals surface area contributed by atoms with Crippen LogP contribution in [0.3, 0.4) is 0 Å². The van der Waals surface area contributed by atoms with Crippen LogP contribution < -0.4 is 4.72 Å². The van der Waals surface area contributed by atoms with Crippen LogP contribution in [0.2, 0.25) is 0 Å². The third-order valence-electron chi connectivity index (χ3n) is 4.44. The molecule has 0 heterocycles. The Morgan fingerprint density at radius 1 is 0.852 bits per heavy atom. The molecule has 0 bridgehead atoms. The average molecular weight is 418 g/mol. The molecule has 0 aliphatic rings. The maximum absolute atomic E-state index is 12.1. The van der Waals surface area contributed by atoms with Crippen molar-refractivity contribution < 1.29 is 16.8 Å². The summed E-state index contributed by atoms with van der Waals surface area (Å²) in [4.78, 5) is 0.292. The zero-order valence-electron chi connectivity index (χ0n) is 17.3. The first-order chi connectivity index (χ1) is 12.3. The normalized spacial score (nSPS) is 13.3. The number of sulfone groups is 1. The fourth-order valence-electron chi connectivity index (χ4n) is 2.67. The van der Waals surface area contributed by atoms with Crippen molar-refractivity contribution in [2.75, 3.05) is 5.75 Å². The number of nitrogens with one attached hydrogen (secondary N) is 1. The fraction of sp³-hybridized carbons (Fsp3) is 0.700. The van der Waals surface area contributed by atoms with Gasteiger partial charge in [-0.2, -0.15) is 0 Å². The summed E-state index contributed by atoms with van der Waals surface area (Å²) in [5, 5.41) is 0. The molecule has 0 radical (unpaired) electrons. The third kappa shape index (κ3) is 8.32. The monoisotopic (exact) mass is 417 g/mol. The van der Waals surface area contributed by atoms with Crippen molar-refractivity contribution in [3.63, 3.8) is 0 Å². The highest BCUT2D eigenvalue weighted by Gasteiger charge is 2.27. The Morgan fingerprint density at radius 3 is 1.89 bits per heavy atom. The van der Waals surface area contributed by atoms with Crippen LogP contribution in [0.15, 0.2) is 29.2 Å². The minimum absolute atomic E-state index is 0.131. The molecule has 156 valence electrons. The fourth-order valence-corrected chi connectivity index (χ4v) is 5.12. The van der Waals surface area contributed by atoms with Crippen LogP contribution in [0.5, 0.6) is 0 Å². The van der Waals surface area contributed by atoms with Crippen molar-refractivity contribution in [2.45, 2.75) is 88.8 Å². The Morgan fingerprint density at radius 2 is 1.37 bits per heavy atom. The van der Waals surface area contributed by atoms with Crippen LogP contribution in [0, 0.1) is 0 Å². The van der Waals surface area contributed by atoms with Gasteiger partial charge < -0.3 is 0 Å². The van der Waals surface area contributed by atoms with Crippen LogP contribution in [-0.4, -0.2) is 33.4 Å². The lowest BCUT2D eigenvalue weighted by molar-refractivity contribution is 0.552. The Labute approximate surface area is 165 Å². The third-order valence-corrected chi connectivity index (χ3v) is 8.80. The molecule has 0 aliphatic carbocycles. The van der Waals surface area contributed by atoms with Gasteiger partial charge in [-0.3, -0.25) is 0 Å². The number of unbranched alkanes of at least 4 members (excludes halogenated alkanes) is 4. The zero-order valence-corrected chi connectivity index (χ0v) is 18.9. The van der Waals surface area contributed by atoms with E-state index in [2.05, 4.69) is 4.72 Å². The van der Waals surface area contributed by atoms with E-state index in [-0.39, 0.29) is 11.8 Å². The van der Waals surface area contributed by atoms with E-state index in [0.717, 1.165) is 44.1 Å². The van der Waals surface area contributed by atoms with Gasteiger partial charge in [0.1, 0.15) is 0 Å². The molecule has 1 N–H and O–H groups in total. The second kappa shape index (κ2) is 10.0. The molecular weight excluding hydrogens is 382 g/mol. The lowest BCUT2D eigenvalue weighted by Crippen LogP contribution is -2.30. The summed E-state index contributed by atoms with van der Waals surface area (Å²) in [6.07, 6.45) is 5.62. The largest absolute Gasteiger partial charge is 0.240 e. The van der Waals surface area contributed by atoms with Crippen molar-refractivity contribution in [3.05, 3.63) is 29.8 Å². The van der Waals surface area contributed by atoms with Gasteiger partial charge in [-0.15, -0.1) is 0 Å². The predicted molar refractivity (Wildman–Crippen MR) is 112 cm³/mol. The van der Waals surface area contributed by atoms with Gasteiger partial charge in [0.05, 0.1) is 15.4 Å². The summed E-state index contributed by atoms with van der Waals surface area (Å²) >= 11 is 0. The Kier molecular flexibility index (Phi) is 8.96. The van der Waals surface area contributed by atoms with Crippen molar-refractivity contribution in [1.82, 2.24) is 4.72 Å². The highest BCUT2D eigenvalue weighted by Crippen LogP contribution is 2.18. The summed E-state index contributed by atoms with van der Waals surface area (Å²) < 4.78 is 50.2. The number of benzene rings is 1. The molecule has 7 heteroatoms. The Hall–Kier alpha value is -0.920. The highest BCUT2D eigenvalue weighted by molar-refractivity contribution is 7.92. The quantitative estimate of drug-likeness (QED) is 0.550. The maximum atomic E-state index is 12.1. The smallest absolute Gasteiger partial charge is 0.228 e. The SMILES string of the molecule is CC(C)NS(=O)(=O)c1ccc(CCCCCCCS(=O)(=O)C(C)(C)C)cc1. The van der Waals surface area contributed by atoms with Crippen molar-refractivity contribution in [2.24, 2.45) is 0 Å². The molecule has 1 rings (SSSR count). The van der Waals surface area contributed by atoms with E-state index in [4.69, 9.17) is 0 Å². The van der Waals surface area contributed by atoms with E-state index in [9.17, 15) is 16.8 Å². The van der Waals surface area contributed by atoms with Gasteiger partial charge in [-0.1, -0.05) is 31.4 Å². The lowest BCUT2D eigenvalue weighted by atomic mass is 10.1. The van der Waals surface area contributed by atoms with Crippen molar-refractivity contribution in [3.8, 4) is 0 Å². The van der Waals surface area contributed by atoms with Gasteiger partial charge in [-0.05, 0) is 71.6 Å². The maximum Gasteiger partial charge on any atom is 0.240 e. The molecule has 0 atom stereocenters. The van der Waals surface area contributed by atoms with Crippen molar-refractivity contribution in [1.29, 1.82) is 0 Å². The van der Waals surface area contributed by atoms with E-state index in [1.807, 2.05) is 12.1 Å². The number of hydrogen-bond donors (Lipinski definition) is 1. The van der Waals surface area contributed by atoms with Gasteiger partial charge >= 0.3 is 0 Å². The van der Waals surface area contributed by atoms with Gasteiger partial charge in [0.15, 0.2) is 9.84 Å². The van der Waals surface area contributed by atoms with E-state index >= 15 is 0 Å². The molecular formula is C20H35NO4S2. The number of hydrogen-bond acceptors (Lipinski definition) is 4. The molecule has 0 spiro atoms. The molecule has 0 unspecified atom stereocenters. The Balaban J connectivity index is 2.32. The van der Waals surface area contributed by atoms with E-state index in [1.54, 1.807) is 46.8 Å². The molecule has 27 heavy (non-hydrogen) atoms. The van der Waals surface area contributed by atoms with Crippen molar-refractivity contribution >= 4 is 19.9 Å². The molecule has 1 aromatic carbocycles. The first-order valence-corrected chi connectivity index (χ1v) is 12.8. The van der Waals surface area contributed by atoms with Crippen LogP contribution in [0.1, 0.15) is 72.3 Å². The van der Waals surface area contributed by atoms with Crippen LogP contribution in [-0.2, 0) is 26.3 Å². The standard InChI is InChI=1S/C20H35NO4S2/c1-17(2)21-27(24,25)19-14-12-18(13-15-19)11-9-7-6-8-10-16-26(22,23)20(3,4)5/h12-15,17,21H,6-11,16H2,1-5H3. The Bertz CT molecular complexity index is 774. The summed E-state index contributed by atoms with van der Waals surface area (Å²) in [7, 11) is -6.45. The van der Waals surface area contributed by atoms with Crippen LogP contribution >= 0.6 is 0 Å². The minimum Gasteiger partial charge on any atom is -0.228 e. The van der Waals surface area contributed by atoms with Gasteiger partial charge in [-0.25, -0.2) is 21.6 Å². The molecule has 0 fully saturated rings. The average Bonchev–Trinajstić information content (AvgIpc) is 2.52. The molecule has 0 aliphatic heterocycles. The molecule has 0 saturated heterocycles. The number of rotatable bonds is 11. The van der Waals surface area contributed by atoms with Gasteiger partial charge in [0.2, 0.25) is 10.0 Å². The molecule has 0 saturated carbocycles. The van der Waals surface area contributed by atoms with Crippen LogP contribution in [0.25, 0.3) is 0 Å². The second-order valence-corrected chi connectivity index (χ2v) is 12.9. The first kappa shape index (κ1) is 24.1.